The van der Waals surface area contributed by atoms with Crippen molar-refractivity contribution in [3.8, 4) is 11.5 Å². The summed E-state index contributed by atoms with van der Waals surface area (Å²) < 4.78 is 16.6. The van der Waals surface area contributed by atoms with Crippen molar-refractivity contribution in [1.82, 2.24) is 0 Å². The Kier molecular flexibility index (Phi) is 7.30. The Morgan fingerprint density at radius 1 is 0.967 bits per heavy atom. The molecule has 0 amide bonds. The number of methoxy groups -OCH3 is 1. The molecule has 164 valence electrons. The second kappa shape index (κ2) is 9.74. The van der Waals surface area contributed by atoms with Crippen molar-refractivity contribution in [2.45, 2.75) is 56.8 Å². The third-order valence-corrected chi connectivity index (χ3v) is 5.19. The first-order valence-electron chi connectivity index (χ1n) is 9.74. The fraction of sp³-hybridized carbons (Fsp3) is 0.455. The lowest BCUT2D eigenvalue weighted by atomic mass is 9.96. The predicted octanol–water partition coefficient (Wildman–Crippen LogP) is 0.345. The van der Waals surface area contributed by atoms with Crippen molar-refractivity contribution < 1.29 is 39.7 Å². The molecule has 0 radical (unpaired) electrons. The molecule has 3 rings (SSSR count). The lowest BCUT2D eigenvalue weighted by Gasteiger charge is -2.41. The Balaban J connectivity index is 1.86. The molecule has 0 spiro atoms. The average Bonchev–Trinajstić information content (AvgIpc) is 2.75. The van der Waals surface area contributed by atoms with Gasteiger partial charge in [-0.1, -0.05) is 24.3 Å². The van der Waals surface area contributed by atoms with Crippen LogP contribution in [-0.2, 0) is 17.8 Å². The molecule has 2 aromatic carbocycles. The molecule has 6 atom stereocenters. The molecule has 0 saturated carbocycles. The van der Waals surface area contributed by atoms with Gasteiger partial charge >= 0.3 is 0 Å². The molecule has 1 saturated heterocycles. The molecular formula is C22H28O8. The van der Waals surface area contributed by atoms with Crippen LogP contribution in [0.4, 0.5) is 0 Å². The highest BCUT2D eigenvalue weighted by Gasteiger charge is 2.46. The SMILES string of the molecule is COc1ccc(Cc2ccc(CO)cc2O[C@@H]2O[C@H](C(C)O)[C@@H](O)[C@H](O)[C@H]2O)cc1. The molecule has 1 fully saturated rings. The number of benzene rings is 2. The molecule has 8 nitrogen and oxygen atoms in total. The van der Waals surface area contributed by atoms with Crippen LogP contribution in [0.2, 0.25) is 0 Å². The standard InChI is InChI=1S/C22H28O8/c1-12(24)21-19(26)18(25)20(27)22(30-21)29-17-10-14(11-23)3-6-15(17)9-13-4-7-16(28-2)8-5-13/h3-8,10,12,18-27H,9,11H2,1-2H3/t12?,18-,19-,20+,21+,22+/m0/s1. The van der Waals surface area contributed by atoms with Crippen LogP contribution in [0.15, 0.2) is 42.5 Å². The topological polar surface area (TPSA) is 129 Å². The predicted molar refractivity (Wildman–Crippen MR) is 107 cm³/mol. The number of rotatable bonds is 7. The maximum Gasteiger partial charge on any atom is 0.229 e. The minimum Gasteiger partial charge on any atom is -0.497 e. The highest BCUT2D eigenvalue weighted by molar-refractivity contribution is 5.41. The zero-order valence-electron chi connectivity index (χ0n) is 16.9. The maximum atomic E-state index is 10.3. The highest BCUT2D eigenvalue weighted by atomic mass is 16.7. The second-order valence-electron chi connectivity index (χ2n) is 7.42. The molecule has 0 aromatic heterocycles. The van der Waals surface area contributed by atoms with E-state index in [-0.39, 0.29) is 6.61 Å². The van der Waals surface area contributed by atoms with Gasteiger partial charge in [0.1, 0.15) is 35.9 Å². The number of hydrogen-bond acceptors (Lipinski definition) is 8. The van der Waals surface area contributed by atoms with Crippen molar-refractivity contribution in [2.24, 2.45) is 0 Å². The summed E-state index contributed by atoms with van der Waals surface area (Å²) in [4.78, 5) is 0. The average molecular weight is 420 g/mol. The molecule has 1 heterocycles. The Morgan fingerprint density at radius 3 is 2.23 bits per heavy atom. The van der Waals surface area contributed by atoms with Crippen LogP contribution in [0, 0.1) is 0 Å². The summed E-state index contributed by atoms with van der Waals surface area (Å²) in [6.07, 6.45) is -7.56. The van der Waals surface area contributed by atoms with Crippen molar-refractivity contribution in [1.29, 1.82) is 0 Å². The fourth-order valence-corrected chi connectivity index (χ4v) is 3.41. The van der Waals surface area contributed by atoms with Crippen molar-refractivity contribution in [3.63, 3.8) is 0 Å². The minimum absolute atomic E-state index is 0.203. The molecule has 1 aliphatic rings. The summed E-state index contributed by atoms with van der Waals surface area (Å²) in [6, 6.07) is 12.7. The maximum absolute atomic E-state index is 10.3. The van der Waals surface area contributed by atoms with Crippen LogP contribution in [0.5, 0.6) is 11.5 Å². The van der Waals surface area contributed by atoms with E-state index in [9.17, 15) is 25.5 Å². The van der Waals surface area contributed by atoms with Crippen LogP contribution in [0.25, 0.3) is 0 Å². The molecule has 0 bridgehead atoms. The monoisotopic (exact) mass is 420 g/mol. The molecule has 1 aliphatic heterocycles. The Morgan fingerprint density at radius 2 is 1.63 bits per heavy atom. The van der Waals surface area contributed by atoms with Gasteiger partial charge in [-0.05, 0) is 41.8 Å². The summed E-state index contributed by atoms with van der Waals surface area (Å²) in [5.41, 5.74) is 2.35. The largest absolute Gasteiger partial charge is 0.497 e. The van der Waals surface area contributed by atoms with Gasteiger partial charge in [0.15, 0.2) is 0 Å². The van der Waals surface area contributed by atoms with Crippen LogP contribution < -0.4 is 9.47 Å². The smallest absolute Gasteiger partial charge is 0.229 e. The van der Waals surface area contributed by atoms with Crippen molar-refractivity contribution in [2.75, 3.05) is 7.11 Å². The van der Waals surface area contributed by atoms with Crippen molar-refractivity contribution in [3.05, 3.63) is 59.2 Å². The van der Waals surface area contributed by atoms with Gasteiger partial charge in [0.2, 0.25) is 6.29 Å². The number of aliphatic hydroxyl groups excluding tert-OH is 5. The van der Waals surface area contributed by atoms with E-state index in [2.05, 4.69) is 0 Å². The normalized spacial score (nSPS) is 27.5. The molecular weight excluding hydrogens is 392 g/mol. The van der Waals surface area contributed by atoms with E-state index in [1.165, 1.54) is 6.92 Å². The summed E-state index contributed by atoms with van der Waals surface area (Å²) in [7, 11) is 1.59. The summed E-state index contributed by atoms with van der Waals surface area (Å²) in [5, 5.41) is 49.8. The lowest BCUT2D eigenvalue weighted by Crippen LogP contribution is -2.61. The molecule has 5 N–H and O–H groups in total. The first-order valence-corrected chi connectivity index (χ1v) is 9.74. The highest BCUT2D eigenvalue weighted by Crippen LogP contribution is 2.30. The Labute approximate surface area is 174 Å². The number of ether oxygens (including phenoxy) is 3. The second-order valence-corrected chi connectivity index (χ2v) is 7.42. The zero-order chi connectivity index (χ0) is 21.8. The molecule has 1 unspecified atom stereocenters. The first kappa shape index (κ1) is 22.5. The number of hydrogen-bond donors (Lipinski definition) is 5. The summed E-state index contributed by atoms with van der Waals surface area (Å²) >= 11 is 0. The van der Waals surface area contributed by atoms with E-state index < -0.39 is 36.8 Å². The zero-order valence-corrected chi connectivity index (χ0v) is 16.9. The van der Waals surface area contributed by atoms with Crippen LogP contribution >= 0.6 is 0 Å². The van der Waals surface area contributed by atoms with Gasteiger partial charge < -0.3 is 39.7 Å². The van der Waals surface area contributed by atoms with Gasteiger partial charge in [0, 0.05) is 6.42 Å². The molecule has 8 heteroatoms. The van der Waals surface area contributed by atoms with Crippen LogP contribution in [0.3, 0.4) is 0 Å². The van der Waals surface area contributed by atoms with Gasteiger partial charge in [-0.15, -0.1) is 0 Å². The van der Waals surface area contributed by atoms with Gasteiger partial charge in [-0.3, -0.25) is 0 Å². The summed E-state index contributed by atoms with van der Waals surface area (Å²) in [6.45, 7) is 1.21. The van der Waals surface area contributed by atoms with E-state index in [0.717, 1.165) is 16.9 Å². The fourth-order valence-electron chi connectivity index (χ4n) is 3.41. The number of aliphatic hydroxyl groups is 5. The van der Waals surface area contributed by atoms with Crippen LogP contribution in [-0.4, -0.2) is 69.5 Å². The lowest BCUT2D eigenvalue weighted by molar-refractivity contribution is -0.286. The van der Waals surface area contributed by atoms with E-state index >= 15 is 0 Å². The van der Waals surface area contributed by atoms with Crippen molar-refractivity contribution >= 4 is 0 Å². The minimum atomic E-state index is -1.55. The quantitative estimate of drug-likeness (QED) is 0.434. The molecule has 0 aliphatic carbocycles. The molecule has 2 aromatic rings. The molecule has 30 heavy (non-hydrogen) atoms. The first-order chi connectivity index (χ1) is 14.3. The van der Waals surface area contributed by atoms with Gasteiger partial charge in [0.05, 0.1) is 19.8 Å². The third-order valence-electron chi connectivity index (χ3n) is 5.19. The Hall–Kier alpha value is -2.20. The van der Waals surface area contributed by atoms with E-state index in [1.807, 2.05) is 24.3 Å². The van der Waals surface area contributed by atoms with E-state index in [1.54, 1.807) is 25.3 Å². The van der Waals surface area contributed by atoms with E-state index in [4.69, 9.17) is 14.2 Å². The van der Waals surface area contributed by atoms with Gasteiger partial charge in [-0.25, -0.2) is 0 Å². The van der Waals surface area contributed by atoms with Gasteiger partial charge in [0.25, 0.3) is 0 Å². The van der Waals surface area contributed by atoms with Gasteiger partial charge in [-0.2, -0.15) is 0 Å². The summed E-state index contributed by atoms with van der Waals surface area (Å²) in [5.74, 6) is 1.09. The van der Waals surface area contributed by atoms with E-state index in [0.29, 0.717) is 17.7 Å². The Bertz CT molecular complexity index is 822. The van der Waals surface area contributed by atoms with Crippen LogP contribution in [0.1, 0.15) is 23.6 Å². The third kappa shape index (κ3) is 4.92.